The van der Waals surface area contributed by atoms with Gasteiger partial charge in [0.15, 0.2) is 0 Å². The van der Waals surface area contributed by atoms with Crippen molar-refractivity contribution in [2.45, 2.75) is 25.9 Å². The van der Waals surface area contributed by atoms with Crippen molar-refractivity contribution in [1.29, 1.82) is 0 Å². The van der Waals surface area contributed by atoms with Crippen LogP contribution in [0.3, 0.4) is 0 Å². The lowest BCUT2D eigenvalue weighted by molar-refractivity contribution is -0.384. The largest absolute Gasteiger partial charge is 0.421 e. The monoisotopic (exact) mass is 417 g/mol. The first-order valence-electron chi connectivity index (χ1n) is 8.96. The summed E-state index contributed by atoms with van der Waals surface area (Å²) >= 11 is 0. The smallest absolute Gasteiger partial charge is 0.340 e. The van der Waals surface area contributed by atoms with E-state index >= 15 is 0 Å². The summed E-state index contributed by atoms with van der Waals surface area (Å²) in [5.41, 5.74) is 0.781. The molecule has 3 aromatic rings. The van der Waals surface area contributed by atoms with E-state index in [1.54, 1.807) is 12.1 Å². The number of hydrogen-bond donors (Lipinski definition) is 2. The Kier molecular flexibility index (Phi) is 5.86. The van der Waals surface area contributed by atoms with Crippen molar-refractivity contribution < 1.29 is 18.1 Å². The van der Waals surface area contributed by atoms with Gasteiger partial charge in [0.05, 0.1) is 4.92 Å². The Hall–Kier alpha value is -3.69. The zero-order chi connectivity index (χ0) is 21.9. The van der Waals surface area contributed by atoms with Gasteiger partial charge in [0.1, 0.15) is 11.4 Å². The summed E-state index contributed by atoms with van der Waals surface area (Å²) in [6.07, 6.45) is -3.96. The van der Waals surface area contributed by atoms with Crippen molar-refractivity contribution in [3.8, 4) is 0 Å². The molecule has 0 spiro atoms. The lowest BCUT2D eigenvalue weighted by Crippen LogP contribution is -2.12. The fraction of sp³-hybridized carbons (Fsp3) is 0.200. The Balaban J connectivity index is 1.89. The van der Waals surface area contributed by atoms with E-state index in [0.717, 1.165) is 5.56 Å². The number of aromatic nitrogens is 2. The molecular weight excluding hydrogens is 399 g/mol. The Morgan fingerprint density at radius 2 is 1.53 bits per heavy atom. The summed E-state index contributed by atoms with van der Waals surface area (Å²) in [6.45, 7) is 4.04. The van der Waals surface area contributed by atoms with E-state index < -0.39 is 22.5 Å². The molecule has 0 aliphatic rings. The van der Waals surface area contributed by atoms with Gasteiger partial charge in [-0.3, -0.25) is 10.1 Å². The van der Waals surface area contributed by atoms with E-state index in [2.05, 4.69) is 20.6 Å². The average Bonchev–Trinajstić information content (AvgIpc) is 2.68. The van der Waals surface area contributed by atoms with Gasteiger partial charge in [0.2, 0.25) is 5.95 Å². The lowest BCUT2D eigenvalue weighted by atomic mass is 10.0. The second kappa shape index (κ2) is 8.36. The third-order valence-electron chi connectivity index (χ3n) is 4.27. The fourth-order valence-corrected chi connectivity index (χ4v) is 2.63. The topological polar surface area (TPSA) is 93.0 Å². The molecule has 3 rings (SSSR count). The summed E-state index contributed by atoms with van der Waals surface area (Å²) in [7, 11) is 0. The molecule has 0 aliphatic heterocycles. The van der Waals surface area contributed by atoms with Crippen LogP contribution in [0.4, 0.5) is 42.0 Å². The average molecular weight is 417 g/mol. The van der Waals surface area contributed by atoms with Crippen LogP contribution in [-0.2, 0) is 6.18 Å². The minimum Gasteiger partial charge on any atom is -0.340 e. The van der Waals surface area contributed by atoms with Crippen LogP contribution < -0.4 is 10.6 Å². The highest BCUT2D eigenvalue weighted by Crippen LogP contribution is 2.35. The third-order valence-corrected chi connectivity index (χ3v) is 4.27. The first-order valence-corrected chi connectivity index (χ1v) is 8.96. The molecule has 7 nitrogen and oxygen atoms in total. The van der Waals surface area contributed by atoms with Gasteiger partial charge in [-0.25, -0.2) is 4.98 Å². The maximum Gasteiger partial charge on any atom is 0.421 e. The summed E-state index contributed by atoms with van der Waals surface area (Å²) < 4.78 is 40.2. The number of nitro benzene ring substituents is 1. The van der Waals surface area contributed by atoms with Crippen molar-refractivity contribution in [3.63, 3.8) is 0 Å². The van der Waals surface area contributed by atoms with Gasteiger partial charge in [-0.05, 0) is 35.7 Å². The first kappa shape index (κ1) is 21.0. The molecule has 0 saturated carbocycles. The fourth-order valence-electron chi connectivity index (χ4n) is 2.63. The number of nitro groups is 1. The highest BCUT2D eigenvalue weighted by Gasteiger charge is 2.35. The van der Waals surface area contributed by atoms with Crippen molar-refractivity contribution in [1.82, 2.24) is 9.97 Å². The normalized spacial score (nSPS) is 11.4. The second-order valence-corrected chi connectivity index (χ2v) is 6.78. The van der Waals surface area contributed by atoms with Gasteiger partial charge in [-0.2, -0.15) is 18.2 Å². The molecule has 2 aromatic carbocycles. The number of halogens is 3. The highest BCUT2D eigenvalue weighted by atomic mass is 19.4. The molecule has 10 heteroatoms. The van der Waals surface area contributed by atoms with Crippen LogP contribution in [0.15, 0.2) is 54.7 Å². The van der Waals surface area contributed by atoms with Crippen molar-refractivity contribution in [2.24, 2.45) is 0 Å². The second-order valence-electron chi connectivity index (χ2n) is 6.78. The number of nitrogens with zero attached hydrogens (tertiary/aromatic N) is 3. The molecule has 0 aliphatic carbocycles. The summed E-state index contributed by atoms with van der Waals surface area (Å²) in [6, 6.07) is 12.4. The predicted molar refractivity (Wildman–Crippen MR) is 107 cm³/mol. The van der Waals surface area contributed by atoms with Crippen molar-refractivity contribution in [3.05, 3.63) is 76.0 Å². The summed E-state index contributed by atoms with van der Waals surface area (Å²) in [4.78, 5) is 17.9. The highest BCUT2D eigenvalue weighted by molar-refractivity contribution is 5.63. The van der Waals surface area contributed by atoms with E-state index in [1.165, 1.54) is 24.3 Å². The molecule has 0 bridgehead atoms. The van der Waals surface area contributed by atoms with Gasteiger partial charge in [0.25, 0.3) is 5.69 Å². The predicted octanol–water partition coefficient (Wildman–Crippen LogP) is 6.01. The molecule has 156 valence electrons. The van der Waals surface area contributed by atoms with E-state index in [4.69, 9.17) is 0 Å². The number of benzene rings is 2. The standard InChI is InChI=1S/C20H18F3N5O2/c1-12(2)13-3-5-14(6-4-13)25-18-17(20(21,22)23)11-24-19(27-18)26-15-7-9-16(10-8-15)28(29)30/h3-12H,1-2H3,(H2,24,25,26,27). The quantitative estimate of drug-likeness (QED) is 0.377. The maximum absolute atomic E-state index is 13.4. The van der Waals surface area contributed by atoms with Gasteiger partial charge in [-0.1, -0.05) is 26.0 Å². The minimum atomic E-state index is -4.65. The molecule has 1 heterocycles. The zero-order valence-corrected chi connectivity index (χ0v) is 16.1. The van der Waals surface area contributed by atoms with Crippen molar-refractivity contribution >= 4 is 28.8 Å². The molecule has 1 aromatic heterocycles. The third kappa shape index (κ3) is 5.02. The number of hydrogen-bond acceptors (Lipinski definition) is 6. The maximum atomic E-state index is 13.4. The molecule has 2 N–H and O–H groups in total. The van der Waals surface area contributed by atoms with E-state index in [1.807, 2.05) is 26.0 Å². The van der Waals surface area contributed by atoms with Gasteiger partial charge in [0, 0.05) is 29.7 Å². The molecule has 0 fully saturated rings. The minimum absolute atomic E-state index is 0.0850. The number of anilines is 4. The zero-order valence-electron chi connectivity index (χ0n) is 16.1. The van der Waals surface area contributed by atoms with Crippen LogP contribution in [0.1, 0.15) is 30.9 Å². The first-order chi connectivity index (χ1) is 14.1. The van der Waals surface area contributed by atoms with Crippen LogP contribution in [0, 0.1) is 10.1 Å². The Bertz CT molecular complexity index is 1040. The molecule has 0 saturated heterocycles. The van der Waals surface area contributed by atoms with Crippen LogP contribution in [0.2, 0.25) is 0 Å². The Morgan fingerprint density at radius 1 is 0.967 bits per heavy atom. The number of alkyl halides is 3. The van der Waals surface area contributed by atoms with E-state index in [0.29, 0.717) is 23.5 Å². The lowest BCUT2D eigenvalue weighted by Gasteiger charge is -2.15. The number of rotatable bonds is 6. The Labute approximate surface area is 170 Å². The van der Waals surface area contributed by atoms with Crippen LogP contribution >= 0.6 is 0 Å². The summed E-state index contributed by atoms with van der Waals surface area (Å²) in [5, 5.41) is 16.2. The van der Waals surface area contributed by atoms with Gasteiger partial charge in [-0.15, -0.1) is 0 Å². The molecule has 0 radical (unpaired) electrons. The molecular formula is C20H18F3N5O2. The van der Waals surface area contributed by atoms with E-state index in [9.17, 15) is 23.3 Å². The SMILES string of the molecule is CC(C)c1ccc(Nc2nc(Nc3ccc([N+](=O)[O-])cc3)ncc2C(F)(F)F)cc1. The van der Waals surface area contributed by atoms with Gasteiger partial charge >= 0.3 is 6.18 Å². The molecule has 0 amide bonds. The van der Waals surface area contributed by atoms with Crippen molar-refractivity contribution in [2.75, 3.05) is 10.6 Å². The number of nitrogens with one attached hydrogen (secondary N) is 2. The molecule has 0 atom stereocenters. The van der Waals surface area contributed by atoms with Crippen LogP contribution in [0.25, 0.3) is 0 Å². The van der Waals surface area contributed by atoms with Gasteiger partial charge < -0.3 is 10.6 Å². The molecule has 0 unspecified atom stereocenters. The number of non-ortho nitro benzene ring substituents is 1. The van der Waals surface area contributed by atoms with Crippen LogP contribution in [0.5, 0.6) is 0 Å². The molecule has 30 heavy (non-hydrogen) atoms. The van der Waals surface area contributed by atoms with Crippen LogP contribution in [-0.4, -0.2) is 14.9 Å². The Morgan fingerprint density at radius 3 is 2.07 bits per heavy atom. The van der Waals surface area contributed by atoms with E-state index in [-0.39, 0.29) is 11.6 Å². The summed E-state index contributed by atoms with van der Waals surface area (Å²) in [5.74, 6) is -0.196.